The number of nitrogens with zero attached hydrogens (tertiary/aromatic N) is 3. The molecule has 0 saturated carbocycles. The summed E-state index contributed by atoms with van der Waals surface area (Å²) in [6.45, 7) is 5.37. The van der Waals surface area contributed by atoms with E-state index >= 15 is 0 Å². The first kappa shape index (κ1) is 11.5. The van der Waals surface area contributed by atoms with E-state index in [9.17, 15) is 0 Å². The van der Waals surface area contributed by atoms with Gasteiger partial charge in [-0.3, -0.25) is 0 Å². The molecular weight excluding hydrogens is 186 g/mol. The lowest BCUT2D eigenvalue weighted by Gasteiger charge is -2.19. The Balaban J connectivity index is 2.65. The van der Waals surface area contributed by atoms with Crippen LogP contribution < -0.4 is 4.90 Å². The van der Waals surface area contributed by atoms with E-state index in [4.69, 9.17) is 5.26 Å². The Bertz CT molecular complexity index is 352. The highest BCUT2D eigenvalue weighted by Crippen LogP contribution is 2.11. The van der Waals surface area contributed by atoms with Crippen LogP contribution in [-0.2, 0) is 0 Å². The first-order chi connectivity index (χ1) is 7.13. The lowest BCUT2D eigenvalue weighted by molar-refractivity contribution is 0.583. The fourth-order valence-electron chi connectivity index (χ4n) is 1.26. The molecule has 0 radical (unpaired) electrons. The third-order valence-electron chi connectivity index (χ3n) is 2.28. The Morgan fingerprint density at radius 2 is 2.20 bits per heavy atom. The molecule has 80 valence electrons. The van der Waals surface area contributed by atoms with Gasteiger partial charge in [-0.25, -0.2) is 4.98 Å². The van der Waals surface area contributed by atoms with Crippen molar-refractivity contribution in [1.29, 1.82) is 5.26 Å². The molecule has 0 aliphatic rings. The average Bonchev–Trinajstić information content (AvgIpc) is 2.26. The summed E-state index contributed by atoms with van der Waals surface area (Å²) in [5, 5.41) is 8.73. The average molecular weight is 203 g/mol. The molecule has 0 saturated heterocycles. The SMILES string of the molecule is CC(C)CCN(C)c1cccc(C#N)n1. The summed E-state index contributed by atoms with van der Waals surface area (Å²) in [6, 6.07) is 7.57. The highest BCUT2D eigenvalue weighted by molar-refractivity contribution is 5.40. The van der Waals surface area contributed by atoms with Gasteiger partial charge in [0.15, 0.2) is 0 Å². The summed E-state index contributed by atoms with van der Waals surface area (Å²) >= 11 is 0. The fraction of sp³-hybridized carbons (Fsp3) is 0.500. The van der Waals surface area contributed by atoms with E-state index < -0.39 is 0 Å². The molecule has 0 N–H and O–H groups in total. The predicted octanol–water partition coefficient (Wildman–Crippen LogP) is 2.44. The van der Waals surface area contributed by atoms with Crippen LogP contribution in [0.25, 0.3) is 0 Å². The lowest BCUT2D eigenvalue weighted by Crippen LogP contribution is -2.21. The zero-order valence-corrected chi connectivity index (χ0v) is 9.57. The first-order valence-corrected chi connectivity index (χ1v) is 5.21. The quantitative estimate of drug-likeness (QED) is 0.754. The largest absolute Gasteiger partial charge is 0.360 e. The zero-order chi connectivity index (χ0) is 11.3. The van der Waals surface area contributed by atoms with Crippen molar-refractivity contribution >= 4 is 5.82 Å². The number of rotatable bonds is 4. The minimum Gasteiger partial charge on any atom is -0.360 e. The number of anilines is 1. The van der Waals surface area contributed by atoms with Gasteiger partial charge in [0.2, 0.25) is 0 Å². The molecule has 1 heterocycles. The van der Waals surface area contributed by atoms with Crippen LogP contribution in [0.4, 0.5) is 5.82 Å². The molecule has 1 aromatic rings. The van der Waals surface area contributed by atoms with Crippen molar-refractivity contribution in [2.75, 3.05) is 18.5 Å². The molecule has 3 nitrogen and oxygen atoms in total. The Kier molecular flexibility index (Phi) is 4.11. The molecule has 3 heteroatoms. The van der Waals surface area contributed by atoms with Gasteiger partial charge >= 0.3 is 0 Å². The summed E-state index contributed by atoms with van der Waals surface area (Å²) < 4.78 is 0. The maximum absolute atomic E-state index is 8.73. The summed E-state index contributed by atoms with van der Waals surface area (Å²) in [6.07, 6.45) is 1.13. The summed E-state index contributed by atoms with van der Waals surface area (Å²) in [7, 11) is 2.01. The van der Waals surface area contributed by atoms with Crippen LogP contribution >= 0.6 is 0 Å². The van der Waals surface area contributed by atoms with Crippen LogP contribution in [0.1, 0.15) is 26.0 Å². The van der Waals surface area contributed by atoms with Gasteiger partial charge in [-0.1, -0.05) is 19.9 Å². The molecule has 1 rings (SSSR count). The number of hydrogen-bond acceptors (Lipinski definition) is 3. The molecule has 0 amide bonds. The van der Waals surface area contributed by atoms with Gasteiger partial charge in [0.25, 0.3) is 0 Å². The highest BCUT2D eigenvalue weighted by atomic mass is 15.2. The van der Waals surface area contributed by atoms with Gasteiger partial charge in [-0.15, -0.1) is 0 Å². The van der Waals surface area contributed by atoms with Crippen molar-refractivity contribution in [2.45, 2.75) is 20.3 Å². The molecule has 0 unspecified atom stereocenters. The summed E-state index contributed by atoms with van der Waals surface area (Å²) in [4.78, 5) is 6.32. The Hall–Kier alpha value is -1.56. The van der Waals surface area contributed by atoms with E-state index in [-0.39, 0.29) is 0 Å². The van der Waals surface area contributed by atoms with Crippen molar-refractivity contribution < 1.29 is 0 Å². The van der Waals surface area contributed by atoms with E-state index in [2.05, 4.69) is 23.7 Å². The van der Waals surface area contributed by atoms with Crippen molar-refractivity contribution in [1.82, 2.24) is 4.98 Å². The smallest absolute Gasteiger partial charge is 0.142 e. The third kappa shape index (κ3) is 3.59. The number of aromatic nitrogens is 1. The molecule has 0 aliphatic heterocycles. The third-order valence-corrected chi connectivity index (χ3v) is 2.28. The molecule has 0 fully saturated rings. The molecular formula is C12H17N3. The second kappa shape index (κ2) is 5.35. The van der Waals surface area contributed by atoms with Crippen LogP contribution in [0, 0.1) is 17.2 Å². The van der Waals surface area contributed by atoms with E-state index in [1.54, 1.807) is 6.07 Å². The van der Waals surface area contributed by atoms with Crippen molar-refractivity contribution in [3.8, 4) is 6.07 Å². The van der Waals surface area contributed by atoms with Gasteiger partial charge in [0.05, 0.1) is 0 Å². The zero-order valence-electron chi connectivity index (χ0n) is 9.57. The molecule has 0 bridgehead atoms. The maximum Gasteiger partial charge on any atom is 0.142 e. The maximum atomic E-state index is 8.73. The first-order valence-electron chi connectivity index (χ1n) is 5.21. The molecule has 0 aliphatic carbocycles. The van der Waals surface area contributed by atoms with E-state index in [1.807, 2.05) is 25.2 Å². The fourth-order valence-corrected chi connectivity index (χ4v) is 1.26. The van der Waals surface area contributed by atoms with Crippen LogP contribution in [-0.4, -0.2) is 18.6 Å². The number of nitriles is 1. The summed E-state index contributed by atoms with van der Waals surface area (Å²) in [5.41, 5.74) is 0.476. The van der Waals surface area contributed by atoms with E-state index in [1.165, 1.54) is 0 Å². The monoisotopic (exact) mass is 203 g/mol. The Labute approximate surface area is 91.4 Å². The van der Waals surface area contributed by atoms with E-state index in [0.717, 1.165) is 18.8 Å². The Morgan fingerprint density at radius 1 is 1.47 bits per heavy atom. The van der Waals surface area contributed by atoms with Gasteiger partial charge in [-0.05, 0) is 24.5 Å². The highest BCUT2D eigenvalue weighted by Gasteiger charge is 2.04. The van der Waals surface area contributed by atoms with Gasteiger partial charge < -0.3 is 4.90 Å². The standard InChI is InChI=1S/C12H17N3/c1-10(2)7-8-15(3)12-6-4-5-11(9-13)14-12/h4-6,10H,7-8H2,1-3H3. The van der Waals surface area contributed by atoms with Gasteiger partial charge in [0.1, 0.15) is 17.6 Å². The molecule has 1 aromatic heterocycles. The second-order valence-corrected chi connectivity index (χ2v) is 4.10. The van der Waals surface area contributed by atoms with Crippen molar-refractivity contribution in [3.63, 3.8) is 0 Å². The number of hydrogen-bond donors (Lipinski definition) is 0. The minimum atomic E-state index is 0.476. The van der Waals surface area contributed by atoms with Crippen LogP contribution in [0.5, 0.6) is 0 Å². The molecule has 0 aromatic carbocycles. The normalized spacial score (nSPS) is 10.1. The van der Waals surface area contributed by atoms with E-state index in [0.29, 0.717) is 11.6 Å². The summed E-state index contributed by atoms with van der Waals surface area (Å²) in [5.74, 6) is 1.56. The Morgan fingerprint density at radius 3 is 2.80 bits per heavy atom. The van der Waals surface area contributed by atoms with Crippen molar-refractivity contribution in [2.24, 2.45) is 5.92 Å². The minimum absolute atomic E-state index is 0.476. The van der Waals surface area contributed by atoms with Crippen LogP contribution in [0.3, 0.4) is 0 Å². The topological polar surface area (TPSA) is 39.9 Å². The van der Waals surface area contributed by atoms with Crippen LogP contribution in [0.15, 0.2) is 18.2 Å². The number of pyridine rings is 1. The molecule has 15 heavy (non-hydrogen) atoms. The second-order valence-electron chi connectivity index (χ2n) is 4.10. The van der Waals surface area contributed by atoms with Crippen LogP contribution in [0.2, 0.25) is 0 Å². The predicted molar refractivity (Wildman–Crippen MR) is 61.7 cm³/mol. The van der Waals surface area contributed by atoms with Gasteiger partial charge in [0, 0.05) is 13.6 Å². The molecule has 0 atom stereocenters. The van der Waals surface area contributed by atoms with Gasteiger partial charge in [-0.2, -0.15) is 5.26 Å². The molecule has 0 spiro atoms. The van der Waals surface area contributed by atoms with Crippen molar-refractivity contribution in [3.05, 3.63) is 23.9 Å². The lowest BCUT2D eigenvalue weighted by atomic mass is 10.1.